The van der Waals surface area contributed by atoms with E-state index in [9.17, 15) is 18.0 Å². The highest BCUT2D eigenvalue weighted by molar-refractivity contribution is 7.16. The van der Waals surface area contributed by atoms with Gasteiger partial charge in [0.25, 0.3) is 0 Å². The number of fused-ring (bicyclic) bond motifs is 1. The summed E-state index contributed by atoms with van der Waals surface area (Å²) in [6.45, 7) is 4.23. The summed E-state index contributed by atoms with van der Waals surface area (Å²) in [5.74, 6) is -0.540. The highest BCUT2D eigenvalue weighted by atomic mass is 35.5. The monoisotopic (exact) mass is 433 g/mol. The second kappa shape index (κ2) is 6.45. The van der Waals surface area contributed by atoms with Gasteiger partial charge in [0.1, 0.15) is 26.8 Å². The highest BCUT2D eigenvalue weighted by Gasteiger charge is 2.75. The van der Waals surface area contributed by atoms with E-state index in [1.165, 1.54) is 0 Å². The van der Waals surface area contributed by atoms with Gasteiger partial charge < -0.3 is 15.4 Å². The van der Waals surface area contributed by atoms with Crippen LogP contribution in [-0.2, 0) is 21.1 Å². The standard InChI is InChI=1S/C16H15ClF3N5O2S/c1-3-21-10-7(16(18,19)20)4-22-14(24-10)25-11-9(17)23-12(28-11)15-6(2)8(15)5-27-13(15)26/h4,6,8H,3,5H2,1-2H3,(H2,21,22,24,25)/t6-,8?,15-/m1/s1. The van der Waals surface area contributed by atoms with E-state index in [0.29, 0.717) is 22.8 Å². The maximum atomic E-state index is 13.1. The molecule has 0 aromatic carbocycles. The summed E-state index contributed by atoms with van der Waals surface area (Å²) in [5, 5.41) is 6.36. The number of nitrogens with zero attached hydrogens (tertiary/aromatic N) is 3. The molecule has 1 aliphatic carbocycles. The van der Waals surface area contributed by atoms with Gasteiger partial charge in [0.15, 0.2) is 5.15 Å². The first kappa shape index (κ1) is 19.2. The number of nitrogens with one attached hydrogen (secondary N) is 2. The number of halogens is 4. The van der Waals surface area contributed by atoms with E-state index in [-0.39, 0.29) is 41.3 Å². The Bertz CT molecular complexity index is 953. The fourth-order valence-electron chi connectivity index (χ4n) is 3.60. The van der Waals surface area contributed by atoms with Gasteiger partial charge in [-0.2, -0.15) is 18.2 Å². The molecule has 3 atom stereocenters. The van der Waals surface area contributed by atoms with Gasteiger partial charge in [-0.1, -0.05) is 29.9 Å². The molecule has 2 aromatic heterocycles. The van der Waals surface area contributed by atoms with Crippen LogP contribution in [0.3, 0.4) is 0 Å². The van der Waals surface area contributed by atoms with Gasteiger partial charge in [-0.3, -0.25) is 4.79 Å². The molecule has 150 valence electrons. The van der Waals surface area contributed by atoms with Crippen molar-refractivity contribution in [1.82, 2.24) is 15.0 Å². The van der Waals surface area contributed by atoms with Crippen molar-refractivity contribution in [2.75, 3.05) is 23.8 Å². The molecule has 4 rings (SSSR count). The number of hydrogen-bond donors (Lipinski definition) is 2. The van der Waals surface area contributed by atoms with E-state index in [2.05, 4.69) is 25.6 Å². The van der Waals surface area contributed by atoms with Crippen molar-refractivity contribution < 1.29 is 22.7 Å². The first-order valence-corrected chi connectivity index (χ1v) is 9.68. The van der Waals surface area contributed by atoms with Crippen LogP contribution in [0, 0.1) is 11.8 Å². The molecule has 0 spiro atoms. The van der Waals surface area contributed by atoms with Crippen molar-refractivity contribution in [3.8, 4) is 0 Å². The van der Waals surface area contributed by atoms with Crippen molar-refractivity contribution >= 4 is 45.7 Å². The third-order valence-corrected chi connectivity index (χ3v) is 6.64. The van der Waals surface area contributed by atoms with E-state index in [4.69, 9.17) is 16.3 Å². The fourth-order valence-corrected chi connectivity index (χ4v) is 5.09. The topological polar surface area (TPSA) is 89.0 Å². The van der Waals surface area contributed by atoms with Crippen molar-refractivity contribution in [1.29, 1.82) is 0 Å². The Morgan fingerprint density at radius 2 is 2.18 bits per heavy atom. The van der Waals surface area contributed by atoms with Crippen molar-refractivity contribution in [3.05, 3.63) is 21.9 Å². The molecule has 0 bridgehead atoms. The summed E-state index contributed by atoms with van der Waals surface area (Å²) in [6.07, 6.45) is -3.88. The summed E-state index contributed by atoms with van der Waals surface area (Å²) in [6, 6.07) is 0. The number of thiazole rings is 1. The zero-order valence-electron chi connectivity index (χ0n) is 14.7. The molecule has 1 unspecified atom stereocenters. The van der Waals surface area contributed by atoms with Crippen LogP contribution in [0.1, 0.15) is 24.4 Å². The molecule has 2 aliphatic rings. The van der Waals surface area contributed by atoms with E-state index in [0.717, 1.165) is 11.3 Å². The van der Waals surface area contributed by atoms with E-state index in [1.54, 1.807) is 6.92 Å². The maximum Gasteiger partial charge on any atom is 0.421 e. The summed E-state index contributed by atoms with van der Waals surface area (Å²) in [7, 11) is 0. The Balaban J connectivity index is 1.63. The second-order valence-corrected chi connectivity index (χ2v) is 7.97. The van der Waals surface area contributed by atoms with Gasteiger partial charge in [0.05, 0.1) is 6.61 Å². The quantitative estimate of drug-likeness (QED) is 0.692. The molecule has 7 nitrogen and oxygen atoms in total. The van der Waals surface area contributed by atoms with Gasteiger partial charge in [-0.25, -0.2) is 9.97 Å². The molecule has 2 aromatic rings. The first-order valence-electron chi connectivity index (χ1n) is 8.48. The Morgan fingerprint density at radius 3 is 2.79 bits per heavy atom. The molecular formula is C16H15ClF3N5O2S. The number of carbonyl (C=O) groups is 1. The minimum absolute atomic E-state index is 0.0621. The number of hydrogen-bond acceptors (Lipinski definition) is 8. The van der Waals surface area contributed by atoms with Crippen LogP contribution in [0.5, 0.6) is 0 Å². The highest BCUT2D eigenvalue weighted by Crippen LogP contribution is 2.65. The normalized spacial score (nSPS) is 26.0. The Hall–Kier alpha value is -2.14. The maximum absolute atomic E-state index is 13.1. The lowest BCUT2D eigenvalue weighted by Crippen LogP contribution is -2.21. The number of esters is 1. The van der Waals surface area contributed by atoms with Crippen LogP contribution in [-0.4, -0.2) is 34.1 Å². The van der Waals surface area contributed by atoms with Crippen LogP contribution in [0.25, 0.3) is 0 Å². The molecule has 3 heterocycles. The molecule has 2 fully saturated rings. The van der Waals surface area contributed by atoms with Crippen LogP contribution in [0.4, 0.5) is 29.9 Å². The van der Waals surface area contributed by atoms with Crippen molar-refractivity contribution in [2.45, 2.75) is 25.4 Å². The lowest BCUT2D eigenvalue weighted by atomic mass is 10.1. The van der Waals surface area contributed by atoms with Gasteiger partial charge in [-0.15, -0.1) is 0 Å². The smallest absolute Gasteiger partial charge is 0.421 e. The predicted molar refractivity (Wildman–Crippen MR) is 96.9 cm³/mol. The Morgan fingerprint density at radius 1 is 1.43 bits per heavy atom. The molecule has 12 heteroatoms. The minimum Gasteiger partial charge on any atom is -0.465 e. The number of cyclic esters (lactones) is 1. The second-order valence-electron chi connectivity index (χ2n) is 6.61. The van der Waals surface area contributed by atoms with Gasteiger partial charge in [0.2, 0.25) is 5.95 Å². The molecule has 28 heavy (non-hydrogen) atoms. The summed E-state index contributed by atoms with van der Waals surface area (Å²) in [4.78, 5) is 24.1. The van der Waals surface area contributed by atoms with Crippen LogP contribution < -0.4 is 10.6 Å². The Kier molecular flexibility index (Phi) is 4.42. The summed E-state index contributed by atoms with van der Waals surface area (Å²) < 4.78 is 44.4. The number of aromatic nitrogens is 3. The molecular weight excluding hydrogens is 419 g/mol. The summed E-state index contributed by atoms with van der Waals surface area (Å²) >= 11 is 7.34. The minimum atomic E-state index is -4.58. The zero-order chi connectivity index (χ0) is 20.3. The average Bonchev–Trinajstić information content (AvgIpc) is 2.86. The molecule has 0 radical (unpaired) electrons. The lowest BCUT2D eigenvalue weighted by molar-refractivity contribution is -0.143. The van der Waals surface area contributed by atoms with E-state index < -0.39 is 17.2 Å². The van der Waals surface area contributed by atoms with Gasteiger partial charge in [0, 0.05) is 18.7 Å². The third-order valence-electron chi connectivity index (χ3n) is 5.13. The SMILES string of the molecule is CCNc1nc(Nc2sc([C@]34C(=O)OCC3[C@H]4C)nc2Cl)ncc1C(F)(F)F. The van der Waals surface area contributed by atoms with Crippen LogP contribution in [0.15, 0.2) is 6.20 Å². The number of rotatable bonds is 5. The van der Waals surface area contributed by atoms with E-state index in [1.807, 2.05) is 6.92 Å². The molecule has 2 N–H and O–H groups in total. The average molecular weight is 434 g/mol. The third kappa shape index (κ3) is 2.79. The molecule has 1 saturated carbocycles. The van der Waals surface area contributed by atoms with Gasteiger partial charge in [-0.05, 0) is 12.8 Å². The molecule has 1 aliphatic heterocycles. The fraction of sp³-hybridized carbons (Fsp3) is 0.500. The van der Waals surface area contributed by atoms with Crippen molar-refractivity contribution in [2.24, 2.45) is 11.8 Å². The van der Waals surface area contributed by atoms with Gasteiger partial charge >= 0.3 is 12.1 Å². The first-order chi connectivity index (χ1) is 13.2. The van der Waals surface area contributed by atoms with Crippen LogP contribution in [0.2, 0.25) is 5.15 Å². The lowest BCUT2D eigenvalue weighted by Gasteiger charge is -2.13. The number of alkyl halides is 3. The number of anilines is 3. The molecule has 1 saturated heterocycles. The number of carbonyl (C=O) groups excluding carboxylic acids is 1. The van der Waals surface area contributed by atoms with E-state index >= 15 is 0 Å². The van der Waals surface area contributed by atoms with Crippen molar-refractivity contribution in [3.63, 3.8) is 0 Å². The summed E-state index contributed by atoms with van der Waals surface area (Å²) in [5.41, 5.74) is -1.73. The molecule has 0 amide bonds. The van der Waals surface area contributed by atoms with Crippen LogP contribution >= 0.6 is 22.9 Å². The zero-order valence-corrected chi connectivity index (χ0v) is 16.3. The Labute approximate surface area is 166 Å². The predicted octanol–water partition coefficient (Wildman–Crippen LogP) is 3.84. The number of ether oxygens (including phenoxy) is 1. The largest absolute Gasteiger partial charge is 0.465 e.